The third-order valence-corrected chi connectivity index (χ3v) is 3.36. The standard InChI is InChI=1S/C15H25N3O/c1-4-18(5-2)10-6-9-17-15(19)13-7-8-14(16)12(3)11-13/h7-8,11H,4-6,9-10,16H2,1-3H3,(H,17,19). The van der Waals surface area contributed by atoms with Crippen molar-refractivity contribution in [1.82, 2.24) is 10.2 Å². The van der Waals surface area contributed by atoms with Gasteiger partial charge in [0.2, 0.25) is 0 Å². The molecule has 1 amide bonds. The molecule has 19 heavy (non-hydrogen) atoms. The van der Waals surface area contributed by atoms with Crippen molar-refractivity contribution in [1.29, 1.82) is 0 Å². The molecule has 1 aromatic carbocycles. The van der Waals surface area contributed by atoms with Crippen molar-refractivity contribution in [2.75, 3.05) is 31.9 Å². The van der Waals surface area contributed by atoms with Crippen LogP contribution < -0.4 is 11.1 Å². The molecule has 0 bridgehead atoms. The van der Waals surface area contributed by atoms with E-state index in [0.717, 1.165) is 37.3 Å². The van der Waals surface area contributed by atoms with Crippen molar-refractivity contribution in [3.05, 3.63) is 29.3 Å². The van der Waals surface area contributed by atoms with Gasteiger partial charge in [-0.2, -0.15) is 0 Å². The number of aryl methyl sites for hydroxylation is 1. The van der Waals surface area contributed by atoms with Crippen LogP contribution in [0.25, 0.3) is 0 Å². The summed E-state index contributed by atoms with van der Waals surface area (Å²) in [5.74, 6) is -0.0253. The molecule has 0 saturated carbocycles. The van der Waals surface area contributed by atoms with Crippen LogP contribution >= 0.6 is 0 Å². The first-order valence-corrected chi connectivity index (χ1v) is 6.95. The highest BCUT2D eigenvalue weighted by molar-refractivity contribution is 5.94. The average Bonchev–Trinajstić information content (AvgIpc) is 2.42. The van der Waals surface area contributed by atoms with Crippen molar-refractivity contribution >= 4 is 11.6 Å². The maximum absolute atomic E-state index is 11.9. The fourth-order valence-electron chi connectivity index (χ4n) is 1.96. The predicted molar refractivity (Wildman–Crippen MR) is 80.3 cm³/mol. The van der Waals surface area contributed by atoms with E-state index in [-0.39, 0.29) is 5.91 Å². The molecule has 0 aliphatic heterocycles. The Morgan fingerprint density at radius 2 is 2.00 bits per heavy atom. The van der Waals surface area contributed by atoms with Gasteiger partial charge < -0.3 is 16.0 Å². The molecule has 0 spiro atoms. The number of amides is 1. The highest BCUT2D eigenvalue weighted by atomic mass is 16.1. The average molecular weight is 263 g/mol. The second kappa shape index (κ2) is 7.79. The van der Waals surface area contributed by atoms with Gasteiger partial charge in [-0.25, -0.2) is 0 Å². The number of nitrogens with two attached hydrogens (primary N) is 1. The highest BCUT2D eigenvalue weighted by Gasteiger charge is 2.06. The number of rotatable bonds is 7. The fourth-order valence-corrected chi connectivity index (χ4v) is 1.96. The summed E-state index contributed by atoms with van der Waals surface area (Å²) in [6.07, 6.45) is 0.974. The van der Waals surface area contributed by atoms with Crippen LogP contribution in [0, 0.1) is 6.92 Å². The molecular formula is C15H25N3O. The number of nitrogens with zero attached hydrogens (tertiary/aromatic N) is 1. The third-order valence-electron chi connectivity index (χ3n) is 3.36. The number of carbonyl (C=O) groups excluding carboxylic acids is 1. The maximum atomic E-state index is 11.9. The van der Waals surface area contributed by atoms with Crippen molar-refractivity contribution < 1.29 is 4.79 Å². The normalized spacial score (nSPS) is 10.7. The molecule has 0 unspecified atom stereocenters. The Morgan fingerprint density at radius 3 is 2.58 bits per heavy atom. The molecule has 1 aromatic rings. The lowest BCUT2D eigenvalue weighted by Gasteiger charge is -2.17. The molecule has 0 radical (unpaired) electrons. The van der Waals surface area contributed by atoms with Crippen molar-refractivity contribution in [3.63, 3.8) is 0 Å². The largest absolute Gasteiger partial charge is 0.399 e. The Balaban J connectivity index is 2.37. The van der Waals surface area contributed by atoms with E-state index >= 15 is 0 Å². The van der Waals surface area contributed by atoms with Gasteiger partial charge >= 0.3 is 0 Å². The summed E-state index contributed by atoms with van der Waals surface area (Å²) in [6.45, 7) is 10.1. The van der Waals surface area contributed by atoms with Crippen LogP contribution in [0.15, 0.2) is 18.2 Å². The minimum Gasteiger partial charge on any atom is -0.399 e. The Morgan fingerprint density at radius 1 is 1.32 bits per heavy atom. The van der Waals surface area contributed by atoms with E-state index in [0.29, 0.717) is 12.1 Å². The Kier molecular flexibility index (Phi) is 6.36. The molecule has 0 fully saturated rings. The Hall–Kier alpha value is -1.55. The lowest BCUT2D eigenvalue weighted by Crippen LogP contribution is -2.29. The Bertz CT molecular complexity index is 414. The van der Waals surface area contributed by atoms with Crippen LogP contribution in [0.3, 0.4) is 0 Å². The van der Waals surface area contributed by atoms with Gasteiger partial charge in [-0.1, -0.05) is 13.8 Å². The third kappa shape index (κ3) is 4.91. The van der Waals surface area contributed by atoms with E-state index in [2.05, 4.69) is 24.1 Å². The lowest BCUT2D eigenvalue weighted by molar-refractivity contribution is 0.0952. The molecule has 4 nitrogen and oxygen atoms in total. The number of carbonyl (C=O) groups is 1. The predicted octanol–water partition coefficient (Wildman–Crippen LogP) is 2.04. The van der Waals surface area contributed by atoms with Gasteiger partial charge in [-0.15, -0.1) is 0 Å². The first kappa shape index (κ1) is 15.5. The van der Waals surface area contributed by atoms with Gasteiger partial charge in [-0.05, 0) is 56.7 Å². The smallest absolute Gasteiger partial charge is 0.251 e. The lowest BCUT2D eigenvalue weighted by atomic mass is 10.1. The monoisotopic (exact) mass is 263 g/mol. The van der Waals surface area contributed by atoms with E-state index < -0.39 is 0 Å². The Labute approximate surface area is 116 Å². The molecular weight excluding hydrogens is 238 g/mol. The van der Waals surface area contributed by atoms with Crippen LogP contribution in [-0.4, -0.2) is 37.0 Å². The number of benzene rings is 1. The molecule has 0 saturated heterocycles. The van der Waals surface area contributed by atoms with Crippen LogP contribution in [0.1, 0.15) is 36.2 Å². The summed E-state index contributed by atoms with van der Waals surface area (Å²) in [6, 6.07) is 5.37. The molecule has 0 aromatic heterocycles. The van der Waals surface area contributed by atoms with Crippen LogP contribution in [0.2, 0.25) is 0 Å². The van der Waals surface area contributed by atoms with Crippen LogP contribution in [-0.2, 0) is 0 Å². The number of anilines is 1. The van der Waals surface area contributed by atoms with Crippen LogP contribution in [0.4, 0.5) is 5.69 Å². The zero-order valence-corrected chi connectivity index (χ0v) is 12.2. The second-order valence-corrected chi connectivity index (χ2v) is 4.71. The van der Waals surface area contributed by atoms with E-state index in [1.807, 2.05) is 13.0 Å². The van der Waals surface area contributed by atoms with Gasteiger partial charge in [0.15, 0.2) is 0 Å². The zero-order chi connectivity index (χ0) is 14.3. The molecule has 0 heterocycles. The first-order chi connectivity index (χ1) is 9.08. The first-order valence-electron chi connectivity index (χ1n) is 6.95. The molecule has 0 aliphatic carbocycles. The quantitative estimate of drug-likeness (QED) is 0.584. The minimum atomic E-state index is -0.0253. The van der Waals surface area contributed by atoms with E-state index in [1.54, 1.807) is 12.1 Å². The molecule has 3 N–H and O–H groups in total. The summed E-state index contributed by atoms with van der Waals surface area (Å²) in [4.78, 5) is 14.3. The summed E-state index contributed by atoms with van der Waals surface area (Å²) in [7, 11) is 0. The number of nitrogen functional groups attached to an aromatic ring is 1. The molecule has 1 rings (SSSR count). The molecule has 4 heteroatoms. The second-order valence-electron chi connectivity index (χ2n) is 4.71. The van der Waals surface area contributed by atoms with Gasteiger partial charge in [0.05, 0.1) is 0 Å². The fraction of sp³-hybridized carbons (Fsp3) is 0.533. The molecule has 106 valence electrons. The maximum Gasteiger partial charge on any atom is 0.251 e. The highest BCUT2D eigenvalue weighted by Crippen LogP contribution is 2.12. The van der Waals surface area contributed by atoms with Crippen molar-refractivity contribution in [2.24, 2.45) is 0 Å². The van der Waals surface area contributed by atoms with Gasteiger partial charge in [-0.3, -0.25) is 4.79 Å². The van der Waals surface area contributed by atoms with E-state index in [1.165, 1.54) is 0 Å². The summed E-state index contributed by atoms with van der Waals surface area (Å²) < 4.78 is 0. The molecule has 0 aliphatic rings. The SMILES string of the molecule is CCN(CC)CCCNC(=O)c1ccc(N)c(C)c1. The van der Waals surface area contributed by atoms with E-state index in [9.17, 15) is 4.79 Å². The number of hydrogen-bond donors (Lipinski definition) is 2. The van der Waals surface area contributed by atoms with Gasteiger partial charge in [0.1, 0.15) is 0 Å². The van der Waals surface area contributed by atoms with Crippen molar-refractivity contribution in [2.45, 2.75) is 27.2 Å². The minimum absolute atomic E-state index is 0.0253. The summed E-state index contributed by atoms with van der Waals surface area (Å²) >= 11 is 0. The van der Waals surface area contributed by atoms with E-state index in [4.69, 9.17) is 5.73 Å². The van der Waals surface area contributed by atoms with Crippen LogP contribution in [0.5, 0.6) is 0 Å². The van der Waals surface area contributed by atoms with Crippen molar-refractivity contribution in [3.8, 4) is 0 Å². The summed E-state index contributed by atoms with van der Waals surface area (Å²) in [5.41, 5.74) is 8.07. The topological polar surface area (TPSA) is 58.4 Å². The number of hydrogen-bond acceptors (Lipinski definition) is 3. The summed E-state index contributed by atoms with van der Waals surface area (Å²) in [5, 5.41) is 2.94. The molecule has 0 atom stereocenters. The van der Waals surface area contributed by atoms with Gasteiger partial charge in [0, 0.05) is 17.8 Å². The zero-order valence-electron chi connectivity index (χ0n) is 12.2. The van der Waals surface area contributed by atoms with Gasteiger partial charge in [0.25, 0.3) is 5.91 Å². The number of nitrogens with one attached hydrogen (secondary N) is 1.